The Kier molecular flexibility index (Phi) is 5.22. The number of anilines is 3. The first-order valence-electron chi connectivity index (χ1n) is 6.74. The first kappa shape index (κ1) is 15.4. The second-order valence-corrected chi connectivity index (χ2v) is 5.79. The van der Waals surface area contributed by atoms with Gasteiger partial charge in [-0.05, 0) is 66.2 Å². The lowest BCUT2D eigenvalue weighted by Crippen LogP contribution is -2.34. The Morgan fingerprint density at radius 3 is 2.24 bits per heavy atom. The molecule has 0 aliphatic heterocycles. The van der Waals surface area contributed by atoms with Gasteiger partial charge in [0, 0.05) is 21.9 Å². The highest BCUT2D eigenvalue weighted by molar-refractivity contribution is 9.10. The lowest BCUT2D eigenvalue weighted by Gasteiger charge is -2.11. The van der Waals surface area contributed by atoms with Crippen LogP contribution in [-0.4, -0.2) is 12.1 Å². The topological polar surface area (TPSA) is 53.2 Å². The fourth-order valence-corrected chi connectivity index (χ4v) is 2.17. The van der Waals surface area contributed by atoms with Crippen molar-refractivity contribution in [3.63, 3.8) is 0 Å². The van der Waals surface area contributed by atoms with Crippen molar-refractivity contribution in [1.29, 1.82) is 0 Å². The Hall–Kier alpha value is -2.01. The molecular formula is C16H18BrN3O. The molecule has 2 rings (SSSR count). The van der Waals surface area contributed by atoms with Crippen molar-refractivity contribution in [1.82, 2.24) is 5.32 Å². The van der Waals surface area contributed by atoms with Gasteiger partial charge in [-0.2, -0.15) is 0 Å². The molecule has 0 radical (unpaired) electrons. The summed E-state index contributed by atoms with van der Waals surface area (Å²) in [4.78, 5) is 11.6. The number of amides is 2. The molecule has 0 atom stereocenters. The van der Waals surface area contributed by atoms with E-state index in [0.29, 0.717) is 0 Å². The minimum Gasteiger partial charge on any atom is -0.355 e. The zero-order valence-corrected chi connectivity index (χ0v) is 13.6. The number of hydrogen-bond donors (Lipinski definition) is 3. The Bertz CT molecular complexity index is 611. The largest absolute Gasteiger partial charge is 0.355 e. The van der Waals surface area contributed by atoms with E-state index in [0.717, 1.165) is 21.5 Å². The lowest BCUT2D eigenvalue weighted by atomic mass is 10.2. The van der Waals surface area contributed by atoms with Gasteiger partial charge in [0.15, 0.2) is 0 Å². The molecule has 0 heterocycles. The second kappa shape index (κ2) is 7.13. The van der Waals surface area contributed by atoms with Crippen LogP contribution in [0.3, 0.4) is 0 Å². The van der Waals surface area contributed by atoms with Crippen LogP contribution in [0.5, 0.6) is 0 Å². The van der Waals surface area contributed by atoms with Gasteiger partial charge in [-0.25, -0.2) is 4.79 Å². The number of para-hydroxylation sites is 1. The van der Waals surface area contributed by atoms with Crippen LogP contribution in [0.25, 0.3) is 0 Å². The molecule has 0 saturated heterocycles. The van der Waals surface area contributed by atoms with Gasteiger partial charge in [0.25, 0.3) is 0 Å². The van der Waals surface area contributed by atoms with Crippen molar-refractivity contribution in [3.8, 4) is 0 Å². The van der Waals surface area contributed by atoms with Crippen LogP contribution in [0.2, 0.25) is 0 Å². The SMILES string of the molecule is CC(C)NC(=O)Nc1ccc(Nc2ccccc2Br)cc1. The highest BCUT2D eigenvalue weighted by atomic mass is 79.9. The number of carbonyl (C=O) groups is 1. The maximum Gasteiger partial charge on any atom is 0.319 e. The molecule has 0 spiro atoms. The van der Waals surface area contributed by atoms with E-state index in [1.165, 1.54) is 0 Å². The molecule has 0 aromatic heterocycles. The molecule has 4 nitrogen and oxygen atoms in total. The van der Waals surface area contributed by atoms with Crippen molar-refractivity contribution in [2.45, 2.75) is 19.9 Å². The molecule has 110 valence electrons. The van der Waals surface area contributed by atoms with E-state index in [4.69, 9.17) is 0 Å². The van der Waals surface area contributed by atoms with Crippen LogP contribution >= 0.6 is 15.9 Å². The van der Waals surface area contributed by atoms with E-state index in [1.807, 2.05) is 62.4 Å². The molecule has 0 bridgehead atoms. The van der Waals surface area contributed by atoms with Crippen LogP contribution in [0, 0.1) is 0 Å². The fraction of sp³-hybridized carbons (Fsp3) is 0.188. The number of carbonyl (C=O) groups excluding carboxylic acids is 1. The average molecular weight is 348 g/mol. The molecule has 2 aromatic rings. The minimum atomic E-state index is -0.198. The highest BCUT2D eigenvalue weighted by Gasteiger charge is 2.03. The van der Waals surface area contributed by atoms with Crippen LogP contribution in [0.4, 0.5) is 21.9 Å². The maximum absolute atomic E-state index is 11.6. The molecule has 0 fully saturated rings. The molecule has 2 amide bonds. The number of nitrogens with one attached hydrogen (secondary N) is 3. The number of urea groups is 1. The third-order valence-corrected chi connectivity index (χ3v) is 3.41. The Morgan fingerprint density at radius 2 is 1.62 bits per heavy atom. The zero-order valence-electron chi connectivity index (χ0n) is 12.0. The molecule has 21 heavy (non-hydrogen) atoms. The second-order valence-electron chi connectivity index (χ2n) is 4.94. The summed E-state index contributed by atoms with van der Waals surface area (Å²) in [7, 11) is 0. The van der Waals surface area contributed by atoms with E-state index >= 15 is 0 Å². The van der Waals surface area contributed by atoms with Crippen molar-refractivity contribution in [3.05, 3.63) is 53.0 Å². The van der Waals surface area contributed by atoms with Gasteiger partial charge in [-0.1, -0.05) is 12.1 Å². The summed E-state index contributed by atoms with van der Waals surface area (Å²) < 4.78 is 1.00. The van der Waals surface area contributed by atoms with Gasteiger partial charge >= 0.3 is 6.03 Å². The third kappa shape index (κ3) is 4.79. The molecule has 0 aliphatic rings. The predicted octanol–water partition coefficient (Wildman–Crippen LogP) is 4.72. The monoisotopic (exact) mass is 347 g/mol. The Balaban J connectivity index is 1.99. The maximum atomic E-state index is 11.6. The third-order valence-electron chi connectivity index (χ3n) is 2.72. The lowest BCUT2D eigenvalue weighted by molar-refractivity contribution is 0.250. The van der Waals surface area contributed by atoms with Crippen LogP contribution in [0.1, 0.15) is 13.8 Å². The number of benzene rings is 2. The summed E-state index contributed by atoms with van der Waals surface area (Å²) in [6, 6.07) is 15.4. The van der Waals surface area contributed by atoms with Crippen molar-refractivity contribution in [2.24, 2.45) is 0 Å². The molecule has 3 N–H and O–H groups in total. The first-order valence-corrected chi connectivity index (χ1v) is 7.53. The van der Waals surface area contributed by atoms with Gasteiger partial charge in [0.2, 0.25) is 0 Å². The summed E-state index contributed by atoms with van der Waals surface area (Å²) in [5.74, 6) is 0. The smallest absolute Gasteiger partial charge is 0.319 e. The summed E-state index contributed by atoms with van der Waals surface area (Å²) >= 11 is 3.50. The zero-order chi connectivity index (χ0) is 15.2. The fourth-order valence-electron chi connectivity index (χ4n) is 1.78. The number of hydrogen-bond acceptors (Lipinski definition) is 2. The van der Waals surface area contributed by atoms with Gasteiger partial charge in [0.1, 0.15) is 0 Å². The summed E-state index contributed by atoms with van der Waals surface area (Å²) in [5, 5.41) is 8.88. The summed E-state index contributed by atoms with van der Waals surface area (Å²) in [6.45, 7) is 3.84. The minimum absolute atomic E-state index is 0.112. The Labute approximate surface area is 133 Å². The first-order chi connectivity index (χ1) is 10.0. The van der Waals surface area contributed by atoms with Crippen molar-refractivity contribution in [2.75, 3.05) is 10.6 Å². The van der Waals surface area contributed by atoms with Gasteiger partial charge in [-0.3, -0.25) is 0 Å². The van der Waals surface area contributed by atoms with Crippen LogP contribution < -0.4 is 16.0 Å². The molecule has 2 aromatic carbocycles. The van der Waals surface area contributed by atoms with E-state index in [2.05, 4.69) is 31.9 Å². The van der Waals surface area contributed by atoms with E-state index < -0.39 is 0 Å². The molecular weight excluding hydrogens is 330 g/mol. The predicted molar refractivity (Wildman–Crippen MR) is 91.2 cm³/mol. The molecule has 0 saturated carbocycles. The quantitative estimate of drug-likeness (QED) is 0.749. The molecule has 5 heteroatoms. The van der Waals surface area contributed by atoms with E-state index in [9.17, 15) is 4.79 Å². The number of halogens is 1. The van der Waals surface area contributed by atoms with Gasteiger partial charge in [0.05, 0.1) is 5.69 Å². The van der Waals surface area contributed by atoms with E-state index in [-0.39, 0.29) is 12.1 Å². The van der Waals surface area contributed by atoms with Crippen LogP contribution in [-0.2, 0) is 0 Å². The average Bonchev–Trinajstić information content (AvgIpc) is 2.42. The van der Waals surface area contributed by atoms with Crippen molar-refractivity contribution < 1.29 is 4.79 Å². The Morgan fingerprint density at radius 1 is 1.00 bits per heavy atom. The van der Waals surface area contributed by atoms with Gasteiger partial charge < -0.3 is 16.0 Å². The van der Waals surface area contributed by atoms with Gasteiger partial charge in [-0.15, -0.1) is 0 Å². The normalized spacial score (nSPS) is 10.3. The molecule has 0 unspecified atom stereocenters. The van der Waals surface area contributed by atoms with E-state index in [1.54, 1.807) is 0 Å². The molecule has 0 aliphatic carbocycles. The summed E-state index contributed by atoms with van der Waals surface area (Å²) in [5.41, 5.74) is 2.71. The standard InChI is InChI=1S/C16H18BrN3O/c1-11(2)18-16(21)20-13-9-7-12(8-10-13)19-15-6-4-3-5-14(15)17/h3-11,19H,1-2H3,(H2,18,20,21). The summed E-state index contributed by atoms with van der Waals surface area (Å²) in [6.07, 6.45) is 0. The van der Waals surface area contributed by atoms with Crippen molar-refractivity contribution >= 4 is 39.0 Å². The number of rotatable bonds is 4. The van der Waals surface area contributed by atoms with Crippen LogP contribution in [0.15, 0.2) is 53.0 Å². The highest BCUT2D eigenvalue weighted by Crippen LogP contribution is 2.25.